The van der Waals surface area contributed by atoms with E-state index in [9.17, 15) is 9.18 Å². The number of hydrogen-bond acceptors (Lipinski definition) is 7. The third kappa shape index (κ3) is 4.67. The predicted molar refractivity (Wildman–Crippen MR) is 131 cm³/mol. The molecule has 1 aliphatic heterocycles. The van der Waals surface area contributed by atoms with E-state index in [1.807, 2.05) is 31.2 Å². The van der Waals surface area contributed by atoms with Crippen LogP contribution in [0, 0.1) is 12.7 Å². The molecule has 4 aromatic rings. The molecule has 1 aliphatic rings. The highest BCUT2D eigenvalue weighted by Crippen LogP contribution is 2.29. The fraction of sp³-hybridized carbons (Fsp3) is 0.360. The van der Waals surface area contributed by atoms with Gasteiger partial charge in [0.05, 0.1) is 18.7 Å². The number of piperazine rings is 1. The molecule has 0 aliphatic carbocycles. The lowest BCUT2D eigenvalue weighted by atomic mass is 10.0. The molecular formula is C25H28FN7O2. The van der Waals surface area contributed by atoms with Crippen molar-refractivity contribution in [1.82, 2.24) is 30.1 Å². The summed E-state index contributed by atoms with van der Waals surface area (Å²) in [6.07, 6.45) is 0. The van der Waals surface area contributed by atoms with Crippen LogP contribution >= 0.6 is 0 Å². The van der Waals surface area contributed by atoms with E-state index in [-0.39, 0.29) is 11.4 Å². The summed E-state index contributed by atoms with van der Waals surface area (Å²) in [4.78, 5) is 20.9. The summed E-state index contributed by atoms with van der Waals surface area (Å²) in [5.74, 6) is 0.357. The Morgan fingerprint density at radius 1 is 1.11 bits per heavy atom. The SMILES string of the molecule is COCCn1nnnc1[C@@H](c1cc2cccc(C)c2[nH]c1=O)N1CCN(c2ccc(F)cc2)CC1. The first-order valence-corrected chi connectivity index (χ1v) is 11.7. The summed E-state index contributed by atoms with van der Waals surface area (Å²) in [5, 5.41) is 13.4. The Morgan fingerprint density at radius 2 is 1.89 bits per heavy atom. The highest BCUT2D eigenvalue weighted by Gasteiger charge is 2.32. The summed E-state index contributed by atoms with van der Waals surface area (Å²) >= 11 is 0. The number of aromatic amines is 1. The second-order valence-electron chi connectivity index (χ2n) is 8.75. The molecule has 35 heavy (non-hydrogen) atoms. The smallest absolute Gasteiger partial charge is 0.253 e. The Kier molecular flexibility index (Phi) is 6.56. The average molecular weight is 478 g/mol. The number of tetrazole rings is 1. The number of aromatic nitrogens is 5. The van der Waals surface area contributed by atoms with Gasteiger partial charge in [-0.05, 0) is 58.6 Å². The molecular weight excluding hydrogens is 449 g/mol. The van der Waals surface area contributed by atoms with Crippen LogP contribution in [0.15, 0.2) is 53.3 Å². The van der Waals surface area contributed by atoms with Crippen molar-refractivity contribution in [1.29, 1.82) is 0 Å². The predicted octanol–water partition coefficient (Wildman–Crippen LogP) is 2.52. The Morgan fingerprint density at radius 3 is 2.63 bits per heavy atom. The molecule has 10 heteroatoms. The van der Waals surface area contributed by atoms with E-state index in [4.69, 9.17) is 4.74 Å². The largest absolute Gasteiger partial charge is 0.383 e. The number of rotatable bonds is 7. The maximum Gasteiger partial charge on any atom is 0.253 e. The van der Waals surface area contributed by atoms with Crippen LogP contribution in [0.3, 0.4) is 0 Å². The normalized spacial score (nSPS) is 15.6. The zero-order chi connectivity index (χ0) is 24.4. The van der Waals surface area contributed by atoms with Crippen LogP contribution in [-0.2, 0) is 11.3 Å². The van der Waals surface area contributed by atoms with Crippen molar-refractivity contribution in [2.75, 3.05) is 44.8 Å². The summed E-state index contributed by atoms with van der Waals surface area (Å²) in [6.45, 7) is 5.74. The maximum absolute atomic E-state index is 13.4. The van der Waals surface area contributed by atoms with Gasteiger partial charge >= 0.3 is 0 Å². The first-order valence-electron chi connectivity index (χ1n) is 11.7. The molecule has 0 amide bonds. The number of nitrogens with zero attached hydrogens (tertiary/aromatic N) is 6. The van der Waals surface area contributed by atoms with Crippen LogP contribution < -0.4 is 10.5 Å². The number of methoxy groups -OCH3 is 1. The molecule has 0 radical (unpaired) electrons. The molecule has 0 saturated carbocycles. The van der Waals surface area contributed by atoms with Gasteiger partial charge < -0.3 is 14.6 Å². The molecule has 1 atom stereocenters. The number of aryl methyl sites for hydroxylation is 1. The minimum absolute atomic E-state index is 0.154. The van der Waals surface area contributed by atoms with E-state index in [0.717, 1.165) is 35.2 Å². The Balaban J connectivity index is 1.51. The molecule has 2 aromatic heterocycles. The summed E-state index contributed by atoms with van der Waals surface area (Å²) in [5.41, 5.74) is 3.28. The van der Waals surface area contributed by atoms with Gasteiger partial charge in [0.1, 0.15) is 11.9 Å². The maximum atomic E-state index is 13.4. The molecule has 2 aromatic carbocycles. The van der Waals surface area contributed by atoms with Crippen LogP contribution in [-0.4, -0.2) is 70.0 Å². The van der Waals surface area contributed by atoms with Gasteiger partial charge in [0, 0.05) is 44.5 Å². The van der Waals surface area contributed by atoms with E-state index in [0.29, 0.717) is 37.6 Å². The van der Waals surface area contributed by atoms with Gasteiger partial charge in [0.25, 0.3) is 5.56 Å². The van der Waals surface area contributed by atoms with Crippen molar-refractivity contribution in [3.8, 4) is 0 Å². The molecule has 1 fully saturated rings. The number of para-hydroxylation sites is 1. The van der Waals surface area contributed by atoms with Crippen LogP contribution in [0.5, 0.6) is 0 Å². The lowest BCUT2D eigenvalue weighted by molar-refractivity contribution is 0.171. The molecule has 3 heterocycles. The molecule has 0 unspecified atom stereocenters. The number of hydrogen-bond donors (Lipinski definition) is 1. The number of ether oxygens (including phenoxy) is 1. The summed E-state index contributed by atoms with van der Waals surface area (Å²) in [7, 11) is 1.63. The van der Waals surface area contributed by atoms with E-state index >= 15 is 0 Å². The second-order valence-corrected chi connectivity index (χ2v) is 8.75. The first-order chi connectivity index (χ1) is 17.0. The van der Waals surface area contributed by atoms with Gasteiger partial charge in [-0.15, -0.1) is 5.10 Å². The zero-order valence-electron chi connectivity index (χ0n) is 19.8. The lowest BCUT2D eigenvalue weighted by Crippen LogP contribution is -2.49. The number of H-pyrrole nitrogens is 1. The van der Waals surface area contributed by atoms with Crippen molar-refractivity contribution in [3.05, 3.63) is 81.7 Å². The third-order valence-electron chi connectivity index (χ3n) is 6.59. The Hall–Kier alpha value is -3.63. The monoisotopic (exact) mass is 477 g/mol. The standard InChI is InChI=1S/C25H28FN7O2/c1-17-4-3-5-18-16-21(25(34)27-22(17)18)23(24-28-29-30-33(24)14-15-35-2)32-12-10-31(11-13-32)20-8-6-19(26)7-9-20/h3-9,16,23H,10-15H2,1-2H3,(H,27,34)/t23-/m1/s1. The van der Waals surface area contributed by atoms with Crippen molar-refractivity contribution in [3.63, 3.8) is 0 Å². The van der Waals surface area contributed by atoms with Gasteiger partial charge in [-0.2, -0.15) is 0 Å². The summed E-state index contributed by atoms with van der Waals surface area (Å²) in [6, 6.07) is 14.0. The quantitative estimate of drug-likeness (QED) is 0.437. The van der Waals surface area contributed by atoms with Crippen molar-refractivity contribution < 1.29 is 9.13 Å². The molecule has 182 valence electrons. The number of anilines is 1. The van der Waals surface area contributed by atoms with Gasteiger partial charge in [-0.3, -0.25) is 9.69 Å². The van der Waals surface area contributed by atoms with E-state index in [2.05, 4.69) is 30.3 Å². The lowest BCUT2D eigenvalue weighted by Gasteiger charge is -2.39. The molecule has 0 bridgehead atoms. The minimum Gasteiger partial charge on any atom is -0.383 e. The number of nitrogens with one attached hydrogen (secondary N) is 1. The average Bonchev–Trinajstić information content (AvgIpc) is 3.33. The number of fused-ring (bicyclic) bond motifs is 1. The van der Waals surface area contributed by atoms with Crippen molar-refractivity contribution >= 4 is 16.6 Å². The molecule has 1 N–H and O–H groups in total. The van der Waals surface area contributed by atoms with Crippen molar-refractivity contribution in [2.45, 2.75) is 19.5 Å². The van der Waals surface area contributed by atoms with Crippen LogP contribution in [0.2, 0.25) is 0 Å². The number of benzene rings is 2. The Labute approximate surface area is 202 Å². The summed E-state index contributed by atoms with van der Waals surface area (Å²) < 4.78 is 20.3. The molecule has 0 spiro atoms. The van der Waals surface area contributed by atoms with Crippen LogP contribution in [0.1, 0.15) is 23.0 Å². The van der Waals surface area contributed by atoms with E-state index < -0.39 is 6.04 Å². The van der Waals surface area contributed by atoms with Crippen LogP contribution in [0.4, 0.5) is 10.1 Å². The highest BCUT2D eigenvalue weighted by molar-refractivity contribution is 5.82. The second kappa shape index (κ2) is 9.93. The fourth-order valence-electron chi connectivity index (χ4n) is 4.74. The van der Waals surface area contributed by atoms with Crippen LogP contribution in [0.25, 0.3) is 10.9 Å². The van der Waals surface area contributed by atoms with Gasteiger partial charge in [-0.1, -0.05) is 18.2 Å². The highest BCUT2D eigenvalue weighted by atomic mass is 19.1. The molecule has 5 rings (SSSR count). The van der Waals surface area contributed by atoms with E-state index in [1.165, 1.54) is 12.1 Å². The third-order valence-corrected chi connectivity index (χ3v) is 6.59. The van der Waals surface area contributed by atoms with Gasteiger partial charge in [-0.25, -0.2) is 9.07 Å². The Bertz CT molecular complexity index is 1360. The fourth-order valence-corrected chi connectivity index (χ4v) is 4.74. The first kappa shape index (κ1) is 23.1. The number of pyridine rings is 1. The van der Waals surface area contributed by atoms with E-state index in [1.54, 1.807) is 23.9 Å². The van der Waals surface area contributed by atoms with Gasteiger partial charge in [0.15, 0.2) is 5.82 Å². The molecule has 1 saturated heterocycles. The number of halogens is 1. The zero-order valence-corrected chi connectivity index (χ0v) is 19.8. The molecule has 9 nitrogen and oxygen atoms in total. The minimum atomic E-state index is -0.425. The topological polar surface area (TPSA) is 92.2 Å². The van der Waals surface area contributed by atoms with Gasteiger partial charge in [0.2, 0.25) is 0 Å². The van der Waals surface area contributed by atoms with Crippen molar-refractivity contribution in [2.24, 2.45) is 0 Å².